The summed E-state index contributed by atoms with van der Waals surface area (Å²) >= 11 is 16.5. The lowest BCUT2D eigenvalue weighted by Crippen LogP contribution is -2.14. The van der Waals surface area contributed by atoms with E-state index in [-0.39, 0.29) is 15.8 Å². The van der Waals surface area contributed by atoms with Crippen LogP contribution in [0.3, 0.4) is 0 Å². The highest BCUT2D eigenvalue weighted by Crippen LogP contribution is 2.37. The Balaban J connectivity index is 1.90. The lowest BCUT2D eigenvalue weighted by Gasteiger charge is -2.11. The quantitative estimate of drug-likeness (QED) is 0.511. The Morgan fingerprint density at radius 1 is 1.19 bits per heavy atom. The molecule has 1 amide bonds. The average molecular weight is 490 g/mol. The van der Waals surface area contributed by atoms with E-state index < -0.39 is 5.91 Å². The summed E-state index contributed by atoms with van der Waals surface area (Å²) in [6, 6.07) is 6.56. The van der Waals surface area contributed by atoms with Crippen LogP contribution in [-0.4, -0.2) is 35.3 Å². The minimum Gasteiger partial charge on any atom is -0.496 e. The van der Waals surface area contributed by atoms with Crippen molar-refractivity contribution in [2.45, 2.75) is 0 Å². The second kappa shape index (κ2) is 8.39. The summed E-state index contributed by atoms with van der Waals surface area (Å²) in [6.45, 7) is 0. The third kappa shape index (κ3) is 4.16. The van der Waals surface area contributed by atoms with Gasteiger partial charge in [0.1, 0.15) is 27.9 Å². The molecule has 0 aliphatic carbocycles. The Kier molecular flexibility index (Phi) is 6.15. The number of anilines is 1. The maximum Gasteiger partial charge on any atom is 0.265 e. The molecule has 0 bridgehead atoms. The Morgan fingerprint density at radius 2 is 1.85 bits per heavy atom. The number of aromatic nitrogens is 3. The number of benzene rings is 1. The largest absolute Gasteiger partial charge is 0.496 e. The number of ether oxygens (including phenoxy) is 2. The number of nitrogens with zero attached hydrogens (tertiary/aromatic N) is 3. The zero-order valence-corrected chi connectivity index (χ0v) is 17.8. The van der Waals surface area contributed by atoms with Crippen molar-refractivity contribution in [1.82, 2.24) is 15.2 Å². The van der Waals surface area contributed by atoms with Gasteiger partial charge < -0.3 is 9.47 Å². The summed E-state index contributed by atoms with van der Waals surface area (Å²) in [5.74, 6) is 0.313. The molecule has 140 valence electrons. The molecule has 0 unspecified atom stereocenters. The number of carbonyl (C=O) groups excluding carboxylic acids is 1. The fraction of sp³-hybridized carbons (Fsp3) is 0.125. The molecule has 3 rings (SSSR count). The van der Waals surface area contributed by atoms with E-state index in [0.29, 0.717) is 31.7 Å². The van der Waals surface area contributed by atoms with E-state index in [4.69, 9.17) is 32.7 Å². The van der Waals surface area contributed by atoms with E-state index in [2.05, 4.69) is 36.4 Å². The molecule has 0 aliphatic heterocycles. The van der Waals surface area contributed by atoms with Crippen LogP contribution in [0.15, 0.2) is 28.7 Å². The number of hydrogen-bond donors (Lipinski definition) is 1. The summed E-state index contributed by atoms with van der Waals surface area (Å²) in [6.07, 6.45) is 0. The molecular weight excluding hydrogens is 479 g/mol. The average Bonchev–Trinajstić information content (AvgIpc) is 3.11. The van der Waals surface area contributed by atoms with Gasteiger partial charge in [-0.3, -0.25) is 10.1 Å². The first kappa shape index (κ1) is 19.8. The fourth-order valence-electron chi connectivity index (χ4n) is 2.21. The van der Waals surface area contributed by atoms with Crippen molar-refractivity contribution in [2.75, 3.05) is 19.5 Å². The van der Waals surface area contributed by atoms with Crippen molar-refractivity contribution in [3.8, 4) is 22.2 Å². The maximum atomic E-state index is 12.7. The Bertz CT molecular complexity index is 993. The predicted molar refractivity (Wildman–Crippen MR) is 108 cm³/mol. The number of halogens is 3. The van der Waals surface area contributed by atoms with Gasteiger partial charge in [0.25, 0.3) is 5.91 Å². The summed E-state index contributed by atoms with van der Waals surface area (Å²) < 4.78 is 11.0. The van der Waals surface area contributed by atoms with Crippen LogP contribution in [0.4, 0.5) is 5.13 Å². The normalized spacial score (nSPS) is 10.6. The standard InChI is InChI=1S/C16H11BrCl2N4O3S/c1-25-8-4-3-5-9(26-2)11(8)14(24)21-16-23-22-15(27-16)13-12(17)7(18)6-10(19)20-13/h3-6H,1-2H3,(H,21,23,24). The van der Waals surface area contributed by atoms with Crippen LogP contribution in [0.25, 0.3) is 10.7 Å². The molecule has 0 atom stereocenters. The Morgan fingerprint density at radius 3 is 2.48 bits per heavy atom. The number of amides is 1. The first-order valence-electron chi connectivity index (χ1n) is 7.32. The van der Waals surface area contributed by atoms with Crippen LogP contribution in [0, 0.1) is 0 Å². The molecule has 0 fully saturated rings. The van der Waals surface area contributed by atoms with Gasteiger partial charge in [0.2, 0.25) is 5.13 Å². The molecule has 11 heteroatoms. The van der Waals surface area contributed by atoms with Gasteiger partial charge in [-0.05, 0) is 34.1 Å². The van der Waals surface area contributed by atoms with Gasteiger partial charge >= 0.3 is 0 Å². The molecule has 2 aromatic heterocycles. The van der Waals surface area contributed by atoms with Crippen LogP contribution in [0.1, 0.15) is 10.4 Å². The molecule has 27 heavy (non-hydrogen) atoms. The zero-order chi connectivity index (χ0) is 19.6. The van der Waals surface area contributed by atoms with Crippen LogP contribution < -0.4 is 14.8 Å². The van der Waals surface area contributed by atoms with Gasteiger partial charge in [0.05, 0.1) is 23.7 Å². The Labute approximate surface area is 176 Å². The van der Waals surface area contributed by atoms with E-state index in [1.54, 1.807) is 18.2 Å². The van der Waals surface area contributed by atoms with Crippen molar-refractivity contribution < 1.29 is 14.3 Å². The smallest absolute Gasteiger partial charge is 0.265 e. The van der Waals surface area contributed by atoms with Crippen molar-refractivity contribution in [3.63, 3.8) is 0 Å². The summed E-state index contributed by atoms with van der Waals surface area (Å²) in [5.41, 5.74) is 0.685. The first-order chi connectivity index (χ1) is 12.9. The van der Waals surface area contributed by atoms with Gasteiger partial charge in [0, 0.05) is 0 Å². The topological polar surface area (TPSA) is 86.2 Å². The molecule has 0 aliphatic rings. The minimum absolute atomic E-state index is 0.220. The SMILES string of the molecule is COc1cccc(OC)c1C(=O)Nc1nnc(-c2nc(Cl)cc(Cl)c2Br)s1. The van der Waals surface area contributed by atoms with Gasteiger partial charge in [-0.1, -0.05) is 40.6 Å². The van der Waals surface area contributed by atoms with Crippen molar-refractivity contribution in [3.05, 3.63) is 44.5 Å². The fourth-order valence-corrected chi connectivity index (χ4v) is 3.91. The molecule has 1 N–H and O–H groups in total. The molecule has 3 aromatic rings. The minimum atomic E-state index is -0.442. The number of hydrogen-bond acceptors (Lipinski definition) is 7. The van der Waals surface area contributed by atoms with Gasteiger partial charge in [-0.15, -0.1) is 10.2 Å². The van der Waals surface area contributed by atoms with E-state index in [1.165, 1.54) is 20.3 Å². The van der Waals surface area contributed by atoms with E-state index in [9.17, 15) is 4.79 Å². The third-order valence-corrected chi connectivity index (χ3v) is 5.75. The van der Waals surface area contributed by atoms with Crippen LogP contribution >= 0.6 is 50.5 Å². The van der Waals surface area contributed by atoms with E-state index in [0.717, 1.165) is 11.3 Å². The zero-order valence-electron chi connectivity index (χ0n) is 13.9. The molecule has 0 radical (unpaired) electrons. The molecular formula is C16H11BrCl2N4O3S. The summed E-state index contributed by atoms with van der Waals surface area (Å²) in [4.78, 5) is 16.9. The monoisotopic (exact) mass is 488 g/mol. The number of nitrogens with one attached hydrogen (secondary N) is 1. The third-order valence-electron chi connectivity index (χ3n) is 3.38. The summed E-state index contributed by atoms with van der Waals surface area (Å²) in [7, 11) is 2.95. The second-order valence-electron chi connectivity index (χ2n) is 4.99. The number of pyridine rings is 1. The highest BCUT2D eigenvalue weighted by atomic mass is 79.9. The van der Waals surface area contributed by atoms with Crippen molar-refractivity contribution in [2.24, 2.45) is 0 Å². The summed E-state index contributed by atoms with van der Waals surface area (Å²) in [5, 5.41) is 12.0. The van der Waals surface area contributed by atoms with Gasteiger partial charge in [-0.2, -0.15) is 0 Å². The molecule has 7 nitrogen and oxygen atoms in total. The van der Waals surface area contributed by atoms with Gasteiger partial charge in [-0.25, -0.2) is 4.98 Å². The number of carbonyl (C=O) groups is 1. The molecule has 1 aromatic carbocycles. The van der Waals surface area contributed by atoms with Crippen molar-refractivity contribution >= 4 is 61.5 Å². The van der Waals surface area contributed by atoms with Crippen LogP contribution in [0.2, 0.25) is 10.2 Å². The highest BCUT2D eigenvalue weighted by Gasteiger charge is 2.21. The molecule has 0 spiro atoms. The molecule has 2 heterocycles. The predicted octanol–water partition coefficient (Wildman–Crippen LogP) is 4.94. The first-order valence-corrected chi connectivity index (χ1v) is 9.69. The molecule has 0 saturated heterocycles. The van der Waals surface area contributed by atoms with E-state index in [1.807, 2.05) is 0 Å². The second-order valence-corrected chi connectivity index (χ2v) is 7.56. The van der Waals surface area contributed by atoms with Crippen molar-refractivity contribution in [1.29, 1.82) is 0 Å². The van der Waals surface area contributed by atoms with E-state index >= 15 is 0 Å². The van der Waals surface area contributed by atoms with Gasteiger partial charge in [0.15, 0.2) is 5.01 Å². The lowest BCUT2D eigenvalue weighted by atomic mass is 10.1. The maximum absolute atomic E-state index is 12.7. The lowest BCUT2D eigenvalue weighted by molar-refractivity contribution is 0.102. The Hall–Kier alpha value is -1.94. The highest BCUT2D eigenvalue weighted by molar-refractivity contribution is 9.10. The molecule has 0 saturated carbocycles. The van der Waals surface area contributed by atoms with Crippen LogP contribution in [-0.2, 0) is 0 Å². The number of rotatable bonds is 5. The number of methoxy groups -OCH3 is 2. The van der Waals surface area contributed by atoms with Crippen LogP contribution in [0.5, 0.6) is 11.5 Å².